The second-order valence-corrected chi connectivity index (χ2v) is 11.1. The van der Waals surface area contributed by atoms with Crippen LogP contribution in [0.25, 0.3) is 11.4 Å². The maximum atomic E-state index is 12.7. The molecule has 194 valence electrons. The number of aromatic nitrogens is 4. The monoisotopic (exact) mass is 544 g/mol. The molecule has 0 bridgehead atoms. The summed E-state index contributed by atoms with van der Waals surface area (Å²) in [5.74, 6) is 1.20. The minimum absolute atomic E-state index is 0.0918. The number of benzene rings is 3. The molecule has 4 N–H and O–H groups in total. The third-order valence-corrected chi connectivity index (χ3v) is 7.59. The Bertz CT molecular complexity index is 1630. The molecule has 12 nitrogen and oxygen atoms in total. The highest BCUT2D eigenvalue weighted by Gasteiger charge is 2.30. The number of hydrogen-bond acceptors (Lipinski definition) is 9. The van der Waals surface area contributed by atoms with E-state index in [0.29, 0.717) is 17.1 Å². The fraction of sp³-hybridized carbons (Fsp3) is 0.174. The summed E-state index contributed by atoms with van der Waals surface area (Å²) < 4.78 is 60.3. The molecule has 0 aliphatic carbocycles. The van der Waals surface area contributed by atoms with E-state index in [0.717, 1.165) is 17.2 Å². The van der Waals surface area contributed by atoms with Crippen LogP contribution in [-0.4, -0.2) is 51.3 Å². The van der Waals surface area contributed by atoms with E-state index < -0.39 is 29.8 Å². The van der Waals surface area contributed by atoms with E-state index in [-0.39, 0.29) is 24.4 Å². The van der Waals surface area contributed by atoms with Gasteiger partial charge in [0.25, 0.3) is 0 Å². The third kappa shape index (κ3) is 5.94. The number of primary sulfonamides is 2. The Morgan fingerprint density at radius 3 is 1.86 bits per heavy atom. The molecule has 0 aliphatic rings. The second kappa shape index (κ2) is 10.3. The van der Waals surface area contributed by atoms with Crippen molar-refractivity contribution >= 4 is 20.0 Å². The second-order valence-electron chi connectivity index (χ2n) is 8.03. The zero-order valence-corrected chi connectivity index (χ0v) is 21.5. The highest BCUT2D eigenvalue weighted by molar-refractivity contribution is 7.92. The molecule has 0 aliphatic heterocycles. The van der Waals surface area contributed by atoms with Crippen LogP contribution >= 0.6 is 0 Å². The zero-order valence-electron chi connectivity index (χ0n) is 19.9. The highest BCUT2D eigenvalue weighted by atomic mass is 32.2. The van der Waals surface area contributed by atoms with Crippen LogP contribution in [0, 0.1) is 0 Å². The van der Waals surface area contributed by atoms with Crippen LogP contribution in [0.4, 0.5) is 0 Å². The van der Waals surface area contributed by atoms with Crippen molar-refractivity contribution in [3.8, 4) is 22.9 Å². The van der Waals surface area contributed by atoms with Crippen LogP contribution in [0.2, 0.25) is 0 Å². The summed E-state index contributed by atoms with van der Waals surface area (Å²) in [6.07, 6.45) is 0.208. The van der Waals surface area contributed by atoms with Crippen molar-refractivity contribution in [1.82, 2.24) is 20.2 Å². The van der Waals surface area contributed by atoms with E-state index in [9.17, 15) is 16.8 Å². The van der Waals surface area contributed by atoms with Gasteiger partial charge in [-0.1, -0.05) is 30.3 Å². The van der Waals surface area contributed by atoms with E-state index in [1.165, 1.54) is 10.9 Å². The number of nitrogens with two attached hydrogens (primary N) is 2. The van der Waals surface area contributed by atoms with Gasteiger partial charge < -0.3 is 9.47 Å². The summed E-state index contributed by atoms with van der Waals surface area (Å²) in [4.78, 5) is -0.0924. The number of hydrogen-bond donors (Lipinski definition) is 2. The van der Waals surface area contributed by atoms with Gasteiger partial charge in [-0.25, -0.2) is 27.1 Å². The van der Waals surface area contributed by atoms with E-state index >= 15 is 0 Å². The van der Waals surface area contributed by atoms with Gasteiger partial charge in [0.2, 0.25) is 25.9 Å². The lowest BCUT2D eigenvalue weighted by molar-refractivity contribution is 0.414. The fourth-order valence-electron chi connectivity index (χ4n) is 3.77. The van der Waals surface area contributed by atoms with E-state index in [2.05, 4.69) is 15.4 Å². The van der Waals surface area contributed by atoms with Crippen LogP contribution in [0.5, 0.6) is 11.5 Å². The average molecular weight is 545 g/mol. The Morgan fingerprint density at radius 1 is 0.784 bits per heavy atom. The zero-order chi connectivity index (χ0) is 26.8. The summed E-state index contributed by atoms with van der Waals surface area (Å²) in [6, 6.07) is 16.8. The number of rotatable bonds is 9. The van der Waals surface area contributed by atoms with Crippen molar-refractivity contribution in [2.24, 2.45) is 10.3 Å². The lowest BCUT2D eigenvalue weighted by atomic mass is 9.99. The van der Waals surface area contributed by atoms with Gasteiger partial charge in [0, 0.05) is 5.56 Å². The van der Waals surface area contributed by atoms with Crippen LogP contribution in [0.15, 0.2) is 70.5 Å². The summed E-state index contributed by atoms with van der Waals surface area (Å²) in [5.41, 5.74) is 1.93. The summed E-state index contributed by atoms with van der Waals surface area (Å²) in [6.45, 7) is 0.213. The molecule has 3 aromatic carbocycles. The Labute approximate surface area is 213 Å². The number of methoxy groups -OCH3 is 2. The van der Waals surface area contributed by atoms with Gasteiger partial charge in [-0.05, 0) is 58.7 Å². The van der Waals surface area contributed by atoms with Crippen LogP contribution in [0.1, 0.15) is 16.7 Å². The molecular formula is C23H24N6O6S2. The van der Waals surface area contributed by atoms with Gasteiger partial charge >= 0.3 is 0 Å². The lowest BCUT2D eigenvalue weighted by Gasteiger charge is -2.15. The largest absolute Gasteiger partial charge is 0.497 e. The Kier molecular flexibility index (Phi) is 7.27. The fourth-order valence-corrected chi connectivity index (χ4v) is 5.94. The first kappa shape index (κ1) is 26.2. The van der Waals surface area contributed by atoms with Crippen molar-refractivity contribution in [1.29, 1.82) is 0 Å². The quantitative estimate of drug-likeness (QED) is 0.313. The Hall–Kier alpha value is -3.85. The maximum absolute atomic E-state index is 12.7. The molecule has 0 saturated heterocycles. The first-order chi connectivity index (χ1) is 17.5. The van der Waals surface area contributed by atoms with Gasteiger partial charge in [-0.15, -0.1) is 10.2 Å². The van der Waals surface area contributed by atoms with Gasteiger partial charge in [0.15, 0.2) is 0 Å². The number of ether oxygens (including phenoxy) is 2. The molecule has 1 heterocycles. The number of tetrazole rings is 1. The molecule has 0 unspecified atom stereocenters. The normalized spacial score (nSPS) is 11.9. The smallest absolute Gasteiger partial charge is 0.240 e. The molecule has 0 atom stereocenters. The highest BCUT2D eigenvalue weighted by Crippen LogP contribution is 2.34. The van der Waals surface area contributed by atoms with Gasteiger partial charge in [-0.3, -0.25) is 0 Å². The molecule has 37 heavy (non-hydrogen) atoms. The summed E-state index contributed by atoms with van der Waals surface area (Å²) in [7, 11) is -5.95. The predicted octanol–water partition coefficient (Wildman–Crippen LogP) is 1.29. The lowest BCUT2D eigenvalue weighted by Crippen LogP contribution is -2.22. The standard InChI is InChI=1S/C23H24N6O6S2/c1-34-18-8-3-15(4-9-18)13-17-7-12-20(36(24,30)31)22(37(25,32)33)21(17)23-26-28-29(27-23)14-16-5-10-19(35-2)11-6-16/h3-12H,13-14H2,1-2H3,(H2,24,30,31)(H2,25,32,33). The number of nitrogens with zero attached hydrogens (tertiary/aromatic N) is 4. The molecule has 4 rings (SSSR count). The molecule has 0 amide bonds. The van der Waals surface area contributed by atoms with Gasteiger partial charge in [-0.2, -0.15) is 4.80 Å². The molecule has 0 radical (unpaired) electrons. The average Bonchev–Trinajstić information content (AvgIpc) is 3.31. The van der Waals surface area contributed by atoms with E-state index in [1.54, 1.807) is 50.6 Å². The van der Waals surface area contributed by atoms with Crippen molar-refractivity contribution in [2.45, 2.75) is 22.8 Å². The first-order valence-electron chi connectivity index (χ1n) is 10.7. The minimum Gasteiger partial charge on any atom is -0.497 e. The minimum atomic E-state index is -4.59. The molecule has 4 aromatic rings. The van der Waals surface area contributed by atoms with Gasteiger partial charge in [0.05, 0.1) is 20.8 Å². The molecule has 14 heteroatoms. The Balaban J connectivity index is 1.85. The van der Waals surface area contributed by atoms with E-state index in [4.69, 9.17) is 19.8 Å². The molecule has 0 saturated carbocycles. The molecule has 0 spiro atoms. The predicted molar refractivity (Wildman–Crippen MR) is 134 cm³/mol. The molecule has 1 aromatic heterocycles. The molecular weight excluding hydrogens is 520 g/mol. The van der Waals surface area contributed by atoms with Crippen molar-refractivity contribution < 1.29 is 26.3 Å². The summed E-state index contributed by atoms with van der Waals surface area (Å²) in [5, 5.41) is 23.2. The Morgan fingerprint density at radius 2 is 1.35 bits per heavy atom. The SMILES string of the molecule is COc1ccc(Cc2ccc(S(N)(=O)=O)c(S(N)(=O)=O)c2-c2nnn(Cc3ccc(OC)cc3)n2)cc1. The van der Waals surface area contributed by atoms with Crippen LogP contribution in [0.3, 0.4) is 0 Å². The topological polar surface area (TPSA) is 182 Å². The third-order valence-electron chi connectivity index (χ3n) is 5.51. The summed E-state index contributed by atoms with van der Waals surface area (Å²) >= 11 is 0. The number of sulfonamides is 2. The van der Waals surface area contributed by atoms with Crippen molar-refractivity contribution in [3.05, 3.63) is 77.4 Å². The van der Waals surface area contributed by atoms with Crippen LogP contribution in [-0.2, 0) is 33.0 Å². The van der Waals surface area contributed by atoms with Crippen molar-refractivity contribution in [2.75, 3.05) is 14.2 Å². The van der Waals surface area contributed by atoms with Gasteiger partial charge in [0.1, 0.15) is 21.3 Å². The van der Waals surface area contributed by atoms with E-state index in [1.807, 2.05) is 12.1 Å². The maximum Gasteiger partial charge on any atom is 0.240 e. The molecule has 0 fully saturated rings. The van der Waals surface area contributed by atoms with Crippen LogP contribution < -0.4 is 19.8 Å². The van der Waals surface area contributed by atoms with Crippen molar-refractivity contribution in [3.63, 3.8) is 0 Å². The first-order valence-corrected chi connectivity index (χ1v) is 13.8.